The maximum atomic E-state index is 12.6. The van der Waals surface area contributed by atoms with E-state index in [9.17, 15) is 18.0 Å². The maximum absolute atomic E-state index is 12.6. The van der Waals surface area contributed by atoms with E-state index in [1.807, 2.05) is 6.07 Å². The molecule has 8 heteroatoms. The highest BCUT2D eigenvalue weighted by Crippen LogP contribution is 2.23. The van der Waals surface area contributed by atoms with E-state index in [1.54, 1.807) is 6.92 Å². The van der Waals surface area contributed by atoms with Crippen LogP contribution in [0.1, 0.15) is 18.1 Å². The van der Waals surface area contributed by atoms with Crippen LogP contribution in [0.15, 0.2) is 23.1 Å². The Morgan fingerprint density at radius 3 is 2.62 bits per heavy atom. The second-order valence-electron chi connectivity index (χ2n) is 4.73. The van der Waals surface area contributed by atoms with Crippen molar-refractivity contribution in [2.75, 3.05) is 6.54 Å². The van der Waals surface area contributed by atoms with E-state index in [2.05, 4.69) is 5.32 Å². The summed E-state index contributed by atoms with van der Waals surface area (Å²) in [6, 6.07) is 5.10. The summed E-state index contributed by atoms with van der Waals surface area (Å²) in [5, 5.41) is 10.9. The van der Waals surface area contributed by atoms with Crippen molar-refractivity contribution in [1.82, 2.24) is 9.62 Å². The number of piperazine rings is 1. The van der Waals surface area contributed by atoms with E-state index in [0.29, 0.717) is 11.1 Å². The predicted molar refractivity (Wildman–Crippen MR) is 72.4 cm³/mol. The van der Waals surface area contributed by atoms with Crippen molar-refractivity contribution >= 4 is 21.8 Å². The summed E-state index contributed by atoms with van der Waals surface area (Å²) in [5.41, 5.74) is 0.728. The first-order valence-electron chi connectivity index (χ1n) is 6.13. The number of carbonyl (C=O) groups is 2. The van der Waals surface area contributed by atoms with Crippen molar-refractivity contribution in [3.8, 4) is 6.07 Å². The van der Waals surface area contributed by atoms with Gasteiger partial charge in [0.2, 0.25) is 21.8 Å². The molecule has 1 aliphatic heterocycles. The number of aryl methyl sites for hydroxylation is 1. The fourth-order valence-electron chi connectivity index (χ4n) is 2.12. The van der Waals surface area contributed by atoms with Gasteiger partial charge in [0.15, 0.2) is 0 Å². The molecule has 1 N–H and O–H groups in total. The van der Waals surface area contributed by atoms with Gasteiger partial charge >= 0.3 is 0 Å². The largest absolute Gasteiger partial charge is 0.294 e. The number of hydrogen-bond donors (Lipinski definition) is 1. The zero-order valence-corrected chi connectivity index (χ0v) is 12.3. The molecule has 1 aromatic rings. The van der Waals surface area contributed by atoms with Crippen molar-refractivity contribution in [2.24, 2.45) is 0 Å². The third-order valence-corrected chi connectivity index (χ3v) is 5.34. The van der Waals surface area contributed by atoms with Crippen molar-refractivity contribution < 1.29 is 18.0 Å². The van der Waals surface area contributed by atoms with Gasteiger partial charge in [0.1, 0.15) is 6.04 Å². The Morgan fingerprint density at radius 2 is 2.05 bits per heavy atom. The SMILES string of the molecule is Cc1cc(C#N)ccc1S(=O)(=O)N1CC(=O)NC(=O)C1C. The molecular weight excluding hydrogens is 294 g/mol. The summed E-state index contributed by atoms with van der Waals surface area (Å²) in [6.45, 7) is 2.57. The van der Waals surface area contributed by atoms with Crippen LogP contribution in [-0.4, -0.2) is 37.1 Å². The molecule has 0 spiro atoms. The molecule has 2 amide bonds. The number of sulfonamides is 1. The molecule has 1 fully saturated rings. The van der Waals surface area contributed by atoms with Crippen LogP contribution in [0.3, 0.4) is 0 Å². The van der Waals surface area contributed by atoms with Gasteiger partial charge in [-0.25, -0.2) is 8.42 Å². The Bertz CT molecular complexity index is 764. The quantitative estimate of drug-likeness (QED) is 0.768. The normalized spacial score (nSPS) is 20.0. The zero-order valence-electron chi connectivity index (χ0n) is 11.5. The number of nitrogens with one attached hydrogen (secondary N) is 1. The summed E-state index contributed by atoms with van der Waals surface area (Å²) in [5.74, 6) is -1.31. The molecule has 1 aliphatic rings. The van der Waals surface area contributed by atoms with Crippen LogP contribution < -0.4 is 5.32 Å². The molecule has 0 aromatic heterocycles. The van der Waals surface area contributed by atoms with Crippen LogP contribution in [0.2, 0.25) is 0 Å². The summed E-state index contributed by atoms with van der Waals surface area (Å²) in [7, 11) is -3.99. The average molecular weight is 307 g/mol. The van der Waals surface area contributed by atoms with E-state index in [0.717, 1.165) is 4.31 Å². The molecule has 7 nitrogen and oxygen atoms in total. The van der Waals surface area contributed by atoms with Crippen LogP contribution in [0.4, 0.5) is 0 Å². The second-order valence-corrected chi connectivity index (χ2v) is 6.59. The van der Waals surface area contributed by atoms with Gasteiger partial charge in [-0.15, -0.1) is 0 Å². The number of nitrogens with zero attached hydrogens (tertiary/aromatic N) is 2. The molecule has 2 rings (SSSR count). The molecule has 0 aliphatic carbocycles. The predicted octanol–water partition coefficient (Wildman–Crippen LogP) is -0.0977. The van der Waals surface area contributed by atoms with Crippen molar-refractivity contribution in [3.05, 3.63) is 29.3 Å². The lowest BCUT2D eigenvalue weighted by Gasteiger charge is -2.31. The highest BCUT2D eigenvalue weighted by atomic mass is 32.2. The third kappa shape index (κ3) is 2.66. The van der Waals surface area contributed by atoms with Gasteiger partial charge in [0, 0.05) is 0 Å². The van der Waals surface area contributed by atoms with E-state index in [4.69, 9.17) is 5.26 Å². The third-order valence-electron chi connectivity index (χ3n) is 3.26. The maximum Gasteiger partial charge on any atom is 0.244 e. The number of imide groups is 1. The van der Waals surface area contributed by atoms with Gasteiger partial charge in [-0.3, -0.25) is 14.9 Å². The molecule has 1 heterocycles. The van der Waals surface area contributed by atoms with Crippen molar-refractivity contribution in [2.45, 2.75) is 24.8 Å². The molecule has 1 saturated heterocycles. The molecule has 0 bridgehead atoms. The highest BCUT2D eigenvalue weighted by Gasteiger charge is 2.39. The van der Waals surface area contributed by atoms with Gasteiger partial charge in [0.05, 0.1) is 23.1 Å². The minimum Gasteiger partial charge on any atom is -0.294 e. The van der Waals surface area contributed by atoms with Crippen LogP contribution in [0, 0.1) is 18.3 Å². The van der Waals surface area contributed by atoms with Gasteiger partial charge in [0.25, 0.3) is 0 Å². The lowest BCUT2D eigenvalue weighted by atomic mass is 10.2. The number of carbonyl (C=O) groups excluding carboxylic acids is 2. The van der Waals surface area contributed by atoms with Crippen molar-refractivity contribution in [3.63, 3.8) is 0 Å². The first-order chi connectivity index (χ1) is 9.77. The van der Waals surface area contributed by atoms with Crippen LogP contribution >= 0.6 is 0 Å². The molecule has 110 valence electrons. The smallest absolute Gasteiger partial charge is 0.244 e. The summed E-state index contributed by atoms with van der Waals surface area (Å²) >= 11 is 0. The Morgan fingerprint density at radius 1 is 1.38 bits per heavy atom. The number of nitriles is 1. The van der Waals surface area contributed by atoms with E-state index < -0.39 is 34.4 Å². The number of hydrogen-bond acceptors (Lipinski definition) is 5. The lowest BCUT2D eigenvalue weighted by molar-refractivity contribution is -0.136. The lowest BCUT2D eigenvalue weighted by Crippen LogP contribution is -2.58. The van der Waals surface area contributed by atoms with Gasteiger partial charge in [-0.2, -0.15) is 9.57 Å². The summed E-state index contributed by atoms with van der Waals surface area (Å²) in [6.07, 6.45) is 0. The first kappa shape index (κ1) is 15.2. The summed E-state index contributed by atoms with van der Waals surface area (Å²) < 4.78 is 26.1. The van der Waals surface area contributed by atoms with E-state index in [1.165, 1.54) is 25.1 Å². The Hall–Kier alpha value is -2.24. The number of benzene rings is 1. The molecule has 1 atom stereocenters. The molecular formula is C13H13N3O4S. The summed E-state index contributed by atoms with van der Waals surface area (Å²) in [4.78, 5) is 23.0. The minimum absolute atomic E-state index is 0.0177. The monoisotopic (exact) mass is 307 g/mol. The topological polar surface area (TPSA) is 107 Å². The van der Waals surface area contributed by atoms with E-state index in [-0.39, 0.29) is 4.90 Å². The Labute approximate surface area is 122 Å². The fourth-order valence-corrected chi connectivity index (χ4v) is 3.88. The molecule has 0 radical (unpaired) electrons. The minimum atomic E-state index is -3.99. The van der Waals surface area contributed by atoms with Crippen LogP contribution in [-0.2, 0) is 19.6 Å². The molecule has 1 aromatic carbocycles. The molecule has 1 unspecified atom stereocenters. The van der Waals surface area contributed by atoms with Crippen LogP contribution in [0.5, 0.6) is 0 Å². The fraction of sp³-hybridized carbons (Fsp3) is 0.308. The Kier molecular flexibility index (Phi) is 3.80. The van der Waals surface area contributed by atoms with Crippen LogP contribution in [0.25, 0.3) is 0 Å². The van der Waals surface area contributed by atoms with Gasteiger partial charge in [-0.1, -0.05) is 0 Å². The highest BCUT2D eigenvalue weighted by molar-refractivity contribution is 7.89. The standard InChI is InChI=1S/C13H13N3O4S/c1-8-5-10(6-14)3-4-11(8)21(19,20)16-7-12(17)15-13(18)9(16)2/h3-5,9H,7H2,1-2H3,(H,15,17,18). The first-order valence-corrected chi connectivity index (χ1v) is 7.57. The molecule has 21 heavy (non-hydrogen) atoms. The van der Waals surface area contributed by atoms with E-state index >= 15 is 0 Å². The van der Waals surface area contributed by atoms with Gasteiger partial charge in [-0.05, 0) is 37.6 Å². The van der Waals surface area contributed by atoms with Crippen molar-refractivity contribution in [1.29, 1.82) is 5.26 Å². The average Bonchev–Trinajstić information content (AvgIpc) is 2.42. The zero-order chi connectivity index (χ0) is 15.8. The number of rotatable bonds is 2. The molecule has 0 saturated carbocycles. The second kappa shape index (κ2) is 5.27. The number of amides is 2. The Balaban J connectivity index is 2.49. The van der Waals surface area contributed by atoms with Gasteiger partial charge < -0.3 is 0 Å².